The fraction of sp³-hybridized carbons (Fsp3) is 0.200. The SMILES string of the molecule is COC(c1c(C)nn(C2=CCC=CC=C2)c1Cl)c1c[nH]c2ncccc12. The van der Waals surface area contributed by atoms with E-state index in [1.807, 2.05) is 43.5 Å². The van der Waals surface area contributed by atoms with Gasteiger partial charge in [-0.25, -0.2) is 9.67 Å². The summed E-state index contributed by atoms with van der Waals surface area (Å²) in [5, 5.41) is 6.24. The number of nitrogens with one attached hydrogen (secondary N) is 1. The van der Waals surface area contributed by atoms with Crippen LogP contribution in [0.3, 0.4) is 0 Å². The van der Waals surface area contributed by atoms with Gasteiger partial charge in [-0.15, -0.1) is 0 Å². The molecule has 1 unspecified atom stereocenters. The largest absolute Gasteiger partial charge is 0.372 e. The van der Waals surface area contributed by atoms with Crippen LogP contribution in [0.2, 0.25) is 5.15 Å². The molecule has 0 saturated heterocycles. The van der Waals surface area contributed by atoms with Crippen LogP contribution >= 0.6 is 11.6 Å². The minimum absolute atomic E-state index is 0.331. The molecule has 26 heavy (non-hydrogen) atoms. The van der Waals surface area contributed by atoms with Crippen molar-refractivity contribution in [1.82, 2.24) is 19.7 Å². The van der Waals surface area contributed by atoms with E-state index in [1.165, 1.54) is 0 Å². The van der Waals surface area contributed by atoms with E-state index in [1.54, 1.807) is 18.0 Å². The number of hydrogen-bond donors (Lipinski definition) is 1. The summed E-state index contributed by atoms with van der Waals surface area (Å²) in [7, 11) is 1.68. The Kier molecular flexibility index (Phi) is 4.49. The zero-order valence-corrected chi connectivity index (χ0v) is 15.4. The third-order valence-electron chi connectivity index (χ3n) is 4.53. The number of aryl methyl sites for hydroxylation is 1. The Morgan fingerprint density at radius 2 is 2.23 bits per heavy atom. The first-order valence-corrected chi connectivity index (χ1v) is 8.82. The number of ether oxygens (including phenoxy) is 1. The predicted octanol–water partition coefficient (Wildman–Crippen LogP) is 4.81. The molecular weight excluding hydrogens is 348 g/mol. The Bertz CT molecular complexity index is 1040. The number of hydrogen-bond acceptors (Lipinski definition) is 3. The molecule has 1 atom stereocenters. The Morgan fingerprint density at radius 1 is 1.35 bits per heavy atom. The molecule has 4 rings (SSSR count). The molecule has 0 amide bonds. The normalized spacial score (nSPS) is 15.3. The molecule has 1 aliphatic carbocycles. The number of rotatable bonds is 4. The Balaban J connectivity index is 1.83. The van der Waals surface area contributed by atoms with Gasteiger partial charge in [0.25, 0.3) is 0 Å². The van der Waals surface area contributed by atoms with E-state index in [0.717, 1.165) is 40.0 Å². The molecule has 0 spiro atoms. The monoisotopic (exact) mass is 366 g/mol. The smallest absolute Gasteiger partial charge is 0.139 e. The fourth-order valence-electron chi connectivity index (χ4n) is 3.30. The van der Waals surface area contributed by atoms with Gasteiger partial charge in [0, 0.05) is 36.0 Å². The second kappa shape index (κ2) is 6.94. The van der Waals surface area contributed by atoms with Crippen LogP contribution in [0.1, 0.15) is 29.3 Å². The molecular formula is C20H19ClN4O. The molecule has 6 heteroatoms. The molecule has 3 aromatic rings. The number of nitrogens with zero attached hydrogens (tertiary/aromatic N) is 3. The lowest BCUT2D eigenvalue weighted by molar-refractivity contribution is 0.137. The van der Waals surface area contributed by atoms with Crippen molar-refractivity contribution in [2.24, 2.45) is 0 Å². The van der Waals surface area contributed by atoms with Crippen LogP contribution in [-0.2, 0) is 4.74 Å². The molecule has 0 aliphatic heterocycles. The van der Waals surface area contributed by atoms with E-state index in [9.17, 15) is 0 Å². The number of aromatic nitrogens is 4. The lowest BCUT2D eigenvalue weighted by atomic mass is 10.0. The number of H-pyrrole nitrogens is 1. The number of methoxy groups -OCH3 is 1. The Morgan fingerprint density at radius 3 is 3.08 bits per heavy atom. The third kappa shape index (κ3) is 2.79. The summed E-state index contributed by atoms with van der Waals surface area (Å²) in [5.41, 5.74) is 4.47. The van der Waals surface area contributed by atoms with Gasteiger partial charge < -0.3 is 9.72 Å². The number of aromatic amines is 1. The second-order valence-electron chi connectivity index (χ2n) is 6.11. The van der Waals surface area contributed by atoms with E-state index >= 15 is 0 Å². The highest BCUT2D eigenvalue weighted by atomic mass is 35.5. The Hall–Kier alpha value is -2.63. The van der Waals surface area contributed by atoms with Crippen molar-refractivity contribution < 1.29 is 4.74 Å². The van der Waals surface area contributed by atoms with Crippen molar-refractivity contribution in [3.63, 3.8) is 0 Å². The maximum absolute atomic E-state index is 6.76. The average molecular weight is 367 g/mol. The van der Waals surface area contributed by atoms with Crippen molar-refractivity contribution in [3.05, 3.63) is 76.9 Å². The Labute approximate surface area is 156 Å². The summed E-state index contributed by atoms with van der Waals surface area (Å²) < 4.78 is 7.61. The summed E-state index contributed by atoms with van der Waals surface area (Å²) >= 11 is 6.76. The summed E-state index contributed by atoms with van der Waals surface area (Å²) in [6, 6.07) is 3.94. The van der Waals surface area contributed by atoms with Gasteiger partial charge in [-0.1, -0.05) is 35.9 Å². The first-order valence-electron chi connectivity index (χ1n) is 8.44. The first-order chi connectivity index (χ1) is 12.7. The van der Waals surface area contributed by atoms with Gasteiger partial charge in [0.1, 0.15) is 16.9 Å². The standard InChI is InChI=1S/C20H19ClN4O/c1-13-17(19(21)25(24-13)14-8-5-3-4-6-9-14)18(26-2)16-12-23-20-15(16)10-7-11-22-20/h3-5,7-12,18H,6H2,1-2H3,(H,22,23). The first kappa shape index (κ1) is 16.8. The van der Waals surface area contributed by atoms with Gasteiger partial charge in [0.15, 0.2) is 0 Å². The van der Waals surface area contributed by atoms with E-state index in [2.05, 4.69) is 27.2 Å². The highest BCUT2D eigenvalue weighted by Crippen LogP contribution is 2.37. The maximum atomic E-state index is 6.76. The zero-order valence-electron chi connectivity index (χ0n) is 14.6. The number of fused-ring (bicyclic) bond motifs is 1. The molecule has 3 heterocycles. The minimum Gasteiger partial charge on any atom is -0.372 e. The van der Waals surface area contributed by atoms with Gasteiger partial charge in [0.05, 0.1) is 11.4 Å². The molecule has 0 radical (unpaired) electrons. The minimum atomic E-state index is -0.331. The van der Waals surface area contributed by atoms with Gasteiger partial charge >= 0.3 is 0 Å². The molecule has 0 fully saturated rings. The summed E-state index contributed by atoms with van der Waals surface area (Å²) in [6.07, 6.45) is 14.4. The van der Waals surface area contributed by atoms with Crippen LogP contribution in [-0.4, -0.2) is 26.9 Å². The van der Waals surface area contributed by atoms with E-state index in [-0.39, 0.29) is 6.10 Å². The van der Waals surface area contributed by atoms with Gasteiger partial charge in [-0.05, 0) is 31.6 Å². The molecule has 1 aliphatic rings. The lowest BCUT2D eigenvalue weighted by Crippen LogP contribution is -2.05. The van der Waals surface area contributed by atoms with Crippen molar-refractivity contribution in [2.45, 2.75) is 19.4 Å². The van der Waals surface area contributed by atoms with Gasteiger partial charge in [-0.2, -0.15) is 5.10 Å². The van der Waals surface area contributed by atoms with E-state index < -0.39 is 0 Å². The van der Waals surface area contributed by atoms with Crippen molar-refractivity contribution in [3.8, 4) is 0 Å². The van der Waals surface area contributed by atoms with Gasteiger partial charge in [-0.3, -0.25) is 0 Å². The molecule has 5 nitrogen and oxygen atoms in total. The quantitative estimate of drug-likeness (QED) is 0.720. The molecule has 3 aromatic heterocycles. The number of allylic oxidation sites excluding steroid dienone is 6. The van der Waals surface area contributed by atoms with Gasteiger partial charge in [0.2, 0.25) is 0 Å². The van der Waals surface area contributed by atoms with E-state index in [0.29, 0.717) is 5.15 Å². The van der Waals surface area contributed by atoms with Crippen molar-refractivity contribution >= 4 is 28.3 Å². The summed E-state index contributed by atoms with van der Waals surface area (Å²) in [4.78, 5) is 7.55. The summed E-state index contributed by atoms with van der Waals surface area (Å²) in [5.74, 6) is 0. The third-order valence-corrected chi connectivity index (χ3v) is 4.90. The lowest BCUT2D eigenvalue weighted by Gasteiger charge is -2.15. The van der Waals surface area contributed by atoms with Crippen LogP contribution < -0.4 is 0 Å². The predicted molar refractivity (Wildman–Crippen MR) is 104 cm³/mol. The number of pyridine rings is 1. The molecule has 0 bridgehead atoms. The van der Waals surface area contributed by atoms with Crippen LogP contribution in [0.25, 0.3) is 16.7 Å². The summed E-state index contributed by atoms with van der Waals surface area (Å²) in [6.45, 7) is 1.95. The van der Waals surface area contributed by atoms with Crippen molar-refractivity contribution in [2.75, 3.05) is 7.11 Å². The van der Waals surface area contributed by atoms with Crippen LogP contribution in [0.5, 0.6) is 0 Å². The fourth-order valence-corrected chi connectivity index (χ4v) is 3.67. The zero-order chi connectivity index (χ0) is 18.1. The van der Waals surface area contributed by atoms with Crippen LogP contribution in [0, 0.1) is 6.92 Å². The highest BCUT2D eigenvalue weighted by Gasteiger charge is 2.26. The van der Waals surface area contributed by atoms with E-state index in [4.69, 9.17) is 16.3 Å². The molecule has 0 saturated carbocycles. The van der Waals surface area contributed by atoms with Crippen LogP contribution in [0.15, 0.2) is 54.9 Å². The van der Waals surface area contributed by atoms with Crippen LogP contribution in [0.4, 0.5) is 0 Å². The molecule has 1 N–H and O–H groups in total. The number of halogens is 1. The van der Waals surface area contributed by atoms with Crippen molar-refractivity contribution in [1.29, 1.82) is 0 Å². The highest BCUT2D eigenvalue weighted by molar-refractivity contribution is 6.31. The average Bonchev–Trinajstić information content (AvgIpc) is 3.06. The molecule has 0 aromatic carbocycles. The second-order valence-corrected chi connectivity index (χ2v) is 6.47. The maximum Gasteiger partial charge on any atom is 0.139 e. The molecule has 132 valence electrons. The topological polar surface area (TPSA) is 55.7 Å².